The molecule has 12 heteroatoms. The smallest absolute Gasteiger partial charge is 0.257 e. The first kappa shape index (κ1) is 25.2. The second kappa shape index (κ2) is 10.9. The lowest BCUT2D eigenvalue weighted by Gasteiger charge is -2.21. The maximum Gasteiger partial charge on any atom is 0.257 e. The Balaban J connectivity index is 1.44. The van der Waals surface area contributed by atoms with Gasteiger partial charge in [0.15, 0.2) is 11.5 Å². The van der Waals surface area contributed by atoms with Gasteiger partial charge in [-0.1, -0.05) is 11.3 Å². The molecule has 4 heterocycles. The summed E-state index contributed by atoms with van der Waals surface area (Å²) in [5.41, 5.74) is 1.37. The number of nitrogens with zero attached hydrogens (tertiary/aromatic N) is 6. The monoisotopic (exact) mass is 519 g/mol. The SMILES string of the molecule is COc1cccc2c1OCc1cn(nn1)[C@@H]1CN(C(=O)c3cccnc3)C[C@@H]1CC(=O)NCCN(C)C2=O. The third kappa shape index (κ3) is 5.15. The number of rotatable bonds is 2. The zero-order chi connectivity index (χ0) is 26.6. The van der Waals surface area contributed by atoms with E-state index < -0.39 is 0 Å². The summed E-state index contributed by atoms with van der Waals surface area (Å²) in [5, 5.41) is 11.5. The highest BCUT2D eigenvalue weighted by molar-refractivity contribution is 5.97. The van der Waals surface area contributed by atoms with Crippen molar-refractivity contribution in [1.82, 2.24) is 35.1 Å². The summed E-state index contributed by atoms with van der Waals surface area (Å²) in [4.78, 5) is 46.5. The van der Waals surface area contributed by atoms with Crippen LogP contribution in [0.1, 0.15) is 38.9 Å². The molecule has 2 bridgehead atoms. The van der Waals surface area contributed by atoms with Gasteiger partial charge in [-0.05, 0) is 24.3 Å². The Labute approximate surface area is 219 Å². The third-order valence-electron chi connectivity index (χ3n) is 6.86. The van der Waals surface area contributed by atoms with Gasteiger partial charge in [0, 0.05) is 58.0 Å². The van der Waals surface area contributed by atoms with Crippen molar-refractivity contribution in [3.63, 3.8) is 0 Å². The largest absolute Gasteiger partial charge is 0.493 e. The van der Waals surface area contributed by atoms with Crippen molar-refractivity contribution >= 4 is 17.7 Å². The molecule has 5 rings (SSSR count). The summed E-state index contributed by atoms with van der Waals surface area (Å²) in [6, 6.07) is 8.31. The number of benzene rings is 1. The number of pyridine rings is 1. The van der Waals surface area contributed by atoms with Crippen LogP contribution in [-0.2, 0) is 11.4 Å². The second-order valence-corrected chi connectivity index (χ2v) is 9.38. The van der Waals surface area contributed by atoms with Crippen LogP contribution < -0.4 is 14.8 Å². The lowest BCUT2D eigenvalue weighted by atomic mass is 9.99. The van der Waals surface area contributed by atoms with Crippen LogP contribution in [0.5, 0.6) is 11.5 Å². The quantitative estimate of drug-likeness (QED) is 0.534. The molecule has 1 aromatic carbocycles. The summed E-state index contributed by atoms with van der Waals surface area (Å²) in [6.07, 6.45) is 5.10. The molecule has 0 saturated carbocycles. The number of nitrogens with one attached hydrogen (secondary N) is 1. The van der Waals surface area contributed by atoms with Gasteiger partial charge in [0.2, 0.25) is 5.91 Å². The number of carbonyl (C=O) groups excluding carboxylic acids is 3. The van der Waals surface area contributed by atoms with Crippen LogP contribution in [0.25, 0.3) is 0 Å². The van der Waals surface area contributed by atoms with Gasteiger partial charge in [0.25, 0.3) is 11.8 Å². The molecule has 12 nitrogen and oxygen atoms in total. The molecule has 1 N–H and O–H groups in total. The number of para-hydroxylation sites is 1. The molecule has 198 valence electrons. The average molecular weight is 520 g/mol. The highest BCUT2D eigenvalue weighted by Crippen LogP contribution is 2.34. The Morgan fingerprint density at radius 3 is 2.84 bits per heavy atom. The highest BCUT2D eigenvalue weighted by atomic mass is 16.5. The van der Waals surface area contributed by atoms with E-state index >= 15 is 0 Å². The number of ether oxygens (including phenoxy) is 2. The fraction of sp³-hybridized carbons (Fsp3) is 0.385. The Morgan fingerprint density at radius 2 is 2.05 bits per heavy atom. The van der Waals surface area contributed by atoms with E-state index in [0.29, 0.717) is 48.0 Å². The van der Waals surface area contributed by atoms with Gasteiger partial charge in [-0.15, -0.1) is 5.10 Å². The molecule has 0 spiro atoms. The van der Waals surface area contributed by atoms with E-state index in [9.17, 15) is 14.4 Å². The van der Waals surface area contributed by atoms with E-state index in [1.165, 1.54) is 18.2 Å². The number of likely N-dealkylation sites (tertiary alicyclic amines) is 1. The predicted octanol–water partition coefficient (Wildman–Crippen LogP) is 1.17. The van der Waals surface area contributed by atoms with E-state index in [-0.39, 0.29) is 49.3 Å². The molecule has 3 aromatic rings. The Hall–Kier alpha value is -4.48. The van der Waals surface area contributed by atoms with Crippen LogP contribution in [0.15, 0.2) is 48.9 Å². The summed E-state index contributed by atoms with van der Waals surface area (Å²) in [5.74, 6) is -0.0155. The van der Waals surface area contributed by atoms with Crippen molar-refractivity contribution in [2.45, 2.75) is 19.1 Å². The van der Waals surface area contributed by atoms with Crippen LogP contribution in [0.4, 0.5) is 0 Å². The molecule has 0 radical (unpaired) electrons. The molecule has 2 aliphatic rings. The summed E-state index contributed by atoms with van der Waals surface area (Å²) >= 11 is 0. The van der Waals surface area contributed by atoms with Crippen molar-refractivity contribution in [1.29, 1.82) is 0 Å². The number of fused-ring (bicyclic) bond motifs is 5. The summed E-state index contributed by atoms with van der Waals surface area (Å²) in [7, 11) is 3.18. The van der Waals surface area contributed by atoms with Crippen molar-refractivity contribution < 1.29 is 23.9 Å². The van der Waals surface area contributed by atoms with Gasteiger partial charge >= 0.3 is 0 Å². The zero-order valence-corrected chi connectivity index (χ0v) is 21.2. The molecule has 2 aromatic heterocycles. The van der Waals surface area contributed by atoms with Gasteiger partial charge in [-0.2, -0.15) is 0 Å². The number of methoxy groups -OCH3 is 1. The third-order valence-corrected chi connectivity index (χ3v) is 6.86. The minimum atomic E-state index is -0.260. The summed E-state index contributed by atoms with van der Waals surface area (Å²) < 4.78 is 13.2. The van der Waals surface area contributed by atoms with Gasteiger partial charge < -0.3 is 24.6 Å². The van der Waals surface area contributed by atoms with Crippen LogP contribution in [0.3, 0.4) is 0 Å². The number of hydrogen-bond donors (Lipinski definition) is 1. The minimum Gasteiger partial charge on any atom is -0.493 e. The Kier molecular flexibility index (Phi) is 7.20. The fourth-order valence-electron chi connectivity index (χ4n) is 4.85. The van der Waals surface area contributed by atoms with Crippen molar-refractivity contribution in [2.75, 3.05) is 40.3 Å². The molecular formula is C26H29N7O5. The number of amides is 3. The number of hydrogen-bond acceptors (Lipinski definition) is 8. The molecular weight excluding hydrogens is 490 g/mol. The lowest BCUT2D eigenvalue weighted by molar-refractivity contribution is -0.122. The zero-order valence-electron chi connectivity index (χ0n) is 21.2. The molecule has 38 heavy (non-hydrogen) atoms. The Morgan fingerprint density at radius 1 is 1.18 bits per heavy atom. The Bertz CT molecular complexity index is 1330. The van der Waals surface area contributed by atoms with Gasteiger partial charge in [-0.3, -0.25) is 19.4 Å². The van der Waals surface area contributed by atoms with E-state index in [0.717, 1.165) is 0 Å². The first-order valence-corrected chi connectivity index (χ1v) is 12.4. The first-order chi connectivity index (χ1) is 18.4. The normalized spacial score (nSPS) is 20.3. The maximum atomic E-state index is 13.2. The highest BCUT2D eigenvalue weighted by Gasteiger charge is 2.38. The molecule has 1 fully saturated rings. The van der Waals surface area contributed by atoms with Crippen LogP contribution >= 0.6 is 0 Å². The van der Waals surface area contributed by atoms with Gasteiger partial charge in [0.05, 0.1) is 30.5 Å². The topological polar surface area (TPSA) is 132 Å². The molecule has 2 atom stereocenters. The predicted molar refractivity (Wildman–Crippen MR) is 135 cm³/mol. The second-order valence-electron chi connectivity index (χ2n) is 9.38. The first-order valence-electron chi connectivity index (χ1n) is 12.4. The van der Waals surface area contributed by atoms with E-state index in [2.05, 4.69) is 20.6 Å². The number of aromatic nitrogens is 4. The maximum absolute atomic E-state index is 13.2. The van der Waals surface area contributed by atoms with Gasteiger partial charge in [-0.25, -0.2) is 4.68 Å². The lowest BCUT2D eigenvalue weighted by Crippen LogP contribution is -2.37. The molecule has 0 unspecified atom stereocenters. The summed E-state index contributed by atoms with van der Waals surface area (Å²) in [6.45, 7) is 1.41. The van der Waals surface area contributed by atoms with Crippen molar-refractivity contribution in [3.05, 3.63) is 65.7 Å². The molecule has 0 aliphatic carbocycles. The van der Waals surface area contributed by atoms with Crippen molar-refractivity contribution in [2.24, 2.45) is 5.92 Å². The standard InChI is InChI=1S/C26H29N7O5/c1-31-10-9-28-23(34)11-18-13-32(25(35)17-5-4-8-27-12-17)15-21(18)33-14-19(29-30-33)16-38-24-20(26(31)36)6-3-7-22(24)37-2/h3-8,12,14,18,21H,9-11,13,15-16H2,1-2H3,(H,28,34)/t18-,21+/m0/s1. The molecule has 1 saturated heterocycles. The van der Waals surface area contributed by atoms with Gasteiger partial charge in [0.1, 0.15) is 12.3 Å². The average Bonchev–Trinajstić information content (AvgIpc) is 3.58. The van der Waals surface area contributed by atoms with Crippen molar-refractivity contribution in [3.8, 4) is 11.5 Å². The number of carbonyl (C=O) groups is 3. The molecule has 3 amide bonds. The minimum absolute atomic E-state index is 0.0561. The van der Waals surface area contributed by atoms with E-state index in [1.54, 1.807) is 59.4 Å². The fourth-order valence-corrected chi connectivity index (χ4v) is 4.85. The number of likely N-dealkylation sites (N-methyl/N-ethyl adjacent to an activating group) is 1. The van der Waals surface area contributed by atoms with E-state index in [4.69, 9.17) is 9.47 Å². The molecule has 2 aliphatic heterocycles. The van der Waals surface area contributed by atoms with Crippen LogP contribution in [0, 0.1) is 5.92 Å². The van der Waals surface area contributed by atoms with Crippen LogP contribution in [0.2, 0.25) is 0 Å². The van der Waals surface area contributed by atoms with E-state index in [1.807, 2.05) is 0 Å². The van der Waals surface area contributed by atoms with Crippen LogP contribution in [-0.4, -0.2) is 87.8 Å².